The highest BCUT2D eigenvalue weighted by atomic mass is 16.4. The zero-order valence-corrected chi connectivity index (χ0v) is 11.9. The maximum atomic E-state index is 11.9. The smallest absolute Gasteiger partial charge is 0.238 e. The number of benzene rings is 1. The average Bonchev–Trinajstić information content (AvgIpc) is 2.77. The molecule has 0 aliphatic heterocycles. The first-order valence-corrected chi connectivity index (χ1v) is 6.37. The van der Waals surface area contributed by atoms with E-state index in [0.29, 0.717) is 18.3 Å². The topological polar surface area (TPSA) is 71.3 Å². The monoisotopic (exact) mass is 274 g/mol. The fourth-order valence-corrected chi connectivity index (χ4v) is 1.77. The number of aryl methyl sites for hydroxylation is 2. The molecule has 1 N–H and O–H groups in total. The van der Waals surface area contributed by atoms with E-state index < -0.39 is 0 Å². The van der Waals surface area contributed by atoms with Gasteiger partial charge in [-0.05, 0) is 26.1 Å². The molecule has 1 aromatic heterocycles. The van der Waals surface area contributed by atoms with Crippen LogP contribution >= 0.6 is 0 Å². The number of nitrogens with one attached hydrogen (secondary N) is 1. The third-order valence-corrected chi connectivity index (χ3v) is 2.72. The Hall–Kier alpha value is -2.21. The van der Waals surface area contributed by atoms with Gasteiger partial charge in [-0.2, -0.15) is 0 Å². The number of carbonyl (C=O) groups excluding carboxylic acids is 1. The van der Waals surface area contributed by atoms with Gasteiger partial charge in [-0.3, -0.25) is 9.69 Å². The van der Waals surface area contributed by atoms with Crippen LogP contribution in [0.4, 0.5) is 5.69 Å². The highest BCUT2D eigenvalue weighted by Gasteiger charge is 2.10. The highest BCUT2D eigenvalue weighted by Crippen LogP contribution is 2.08. The van der Waals surface area contributed by atoms with Gasteiger partial charge in [0.25, 0.3) is 0 Å². The number of carbonyl (C=O) groups is 1. The first-order valence-electron chi connectivity index (χ1n) is 6.37. The molecular weight excluding hydrogens is 256 g/mol. The van der Waals surface area contributed by atoms with Gasteiger partial charge in [-0.25, -0.2) is 0 Å². The summed E-state index contributed by atoms with van der Waals surface area (Å²) in [6.07, 6.45) is 0. The molecule has 6 nitrogen and oxygen atoms in total. The Bertz CT molecular complexity index is 577. The summed E-state index contributed by atoms with van der Waals surface area (Å²) in [5.74, 6) is 0.957. The molecule has 1 heterocycles. The second kappa shape index (κ2) is 6.29. The fourth-order valence-electron chi connectivity index (χ4n) is 1.77. The fraction of sp³-hybridized carbons (Fsp3) is 0.357. The van der Waals surface area contributed by atoms with Gasteiger partial charge in [0.05, 0.1) is 13.1 Å². The molecule has 0 fully saturated rings. The first kappa shape index (κ1) is 14.2. The lowest BCUT2D eigenvalue weighted by Gasteiger charge is -2.14. The van der Waals surface area contributed by atoms with Gasteiger partial charge in [0.1, 0.15) is 0 Å². The van der Waals surface area contributed by atoms with Gasteiger partial charge in [0, 0.05) is 12.6 Å². The van der Waals surface area contributed by atoms with E-state index >= 15 is 0 Å². The first-order chi connectivity index (χ1) is 9.52. The Labute approximate surface area is 117 Å². The Morgan fingerprint density at radius 2 is 1.95 bits per heavy atom. The van der Waals surface area contributed by atoms with Gasteiger partial charge >= 0.3 is 0 Å². The van der Waals surface area contributed by atoms with Crippen LogP contribution in [-0.4, -0.2) is 34.6 Å². The molecule has 0 atom stereocenters. The van der Waals surface area contributed by atoms with Crippen molar-refractivity contribution in [2.75, 3.05) is 18.9 Å². The van der Waals surface area contributed by atoms with E-state index in [9.17, 15) is 4.79 Å². The second-order valence-electron chi connectivity index (χ2n) is 4.80. The predicted octanol–water partition coefficient (Wildman–Crippen LogP) is 1.76. The van der Waals surface area contributed by atoms with E-state index in [4.69, 9.17) is 4.42 Å². The van der Waals surface area contributed by atoms with Gasteiger partial charge in [0.15, 0.2) is 0 Å². The molecule has 0 aliphatic rings. The van der Waals surface area contributed by atoms with E-state index in [1.54, 1.807) is 6.92 Å². The van der Waals surface area contributed by atoms with Crippen molar-refractivity contribution in [3.63, 3.8) is 0 Å². The molecule has 1 aromatic carbocycles. The van der Waals surface area contributed by atoms with E-state index in [-0.39, 0.29) is 12.5 Å². The summed E-state index contributed by atoms with van der Waals surface area (Å²) in [6, 6.07) is 7.68. The maximum Gasteiger partial charge on any atom is 0.238 e. The van der Waals surface area contributed by atoms with Crippen LogP contribution in [0.2, 0.25) is 0 Å². The minimum absolute atomic E-state index is 0.0763. The van der Waals surface area contributed by atoms with Gasteiger partial charge < -0.3 is 9.73 Å². The summed E-state index contributed by atoms with van der Waals surface area (Å²) >= 11 is 0. The molecule has 1 amide bonds. The second-order valence-corrected chi connectivity index (χ2v) is 4.80. The van der Waals surface area contributed by atoms with Gasteiger partial charge in [-0.15, -0.1) is 10.2 Å². The van der Waals surface area contributed by atoms with Crippen LogP contribution in [0.1, 0.15) is 17.3 Å². The Balaban J connectivity index is 1.83. The summed E-state index contributed by atoms with van der Waals surface area (Å²) < 4.78 is 5.27. The van der Waals surface area contributed by atoms with Gasteiger partial charge in [-0.1, -0.05) is 17.7 Å². The number of amides is 1. The van der Waals surface area contributed by atoms with Crippen LogP contribution in [0.25, 0.3) is 0 Å². The number of hydrogen-bond acceptors (Lipinski definition) is 5. The highest BCUT2D eigenvalue weighted by molar-refractivity contribution is 5.92. The van der Waals surface area contributed by atoms with E-state index in [2.05, 4.69) is 15.5 Å². The Morgan fingerprint density at radius 1 is 1.25 bits per heavy atom. The average molecular weight is 274 g/mol. The number of anilines is 1. The largest absolute Gasteiger partial charge is 0.424 e. The molecule has 20 heavy (non-hydrogen) atoms. The number of rotatable bonds is 5. The third-order valence-electron chi connectivity index (χ3n) is 2.72. The summed E-state index contributed by atoms with van der Waals surface area (Å²) in [5.41, 5.74) is 1.95. The van der Waals surface area contributed by atoms with E-state index in [1.165, 1.54) is 0 Å². The van der Waals surface area contributed by atoms with E-state index in [0.717, 1.165) is 11.3 Å². The summed E-state index contributed by atoms with van der Waals surface area (Å²) in [5, 5.41) is 10.5. The van der Waals surface area contributed by atoms with Crippen molar-refractivity contribution in [1.82, 2.24) is 15.1 Å². The van der Waals surface area contributed by atoms with Crippen molar-refractivity contribution >= 4 is 11.6 Å². The number of nitrogens with zero attached hydrogens (tertiary/aromatic N) is 3. The lowest BCUT2D eigenvalue weighted by Crippen LogP contribution is -2.29. The standard InChI is InChI=1S/C14H18N4O2/c1-10-4-6-12(7-5-10)15-13(19)8-18(3)9-14-17-16-11(2)20-14/h4-7H,8-9H2,1-3H3,(H,15,19). The molecule has 0 aliphatic carbocycles. The minimum Gasteiger partial charge on any atom is -0.424 e. The summed E-state index contributed by atoms with van der Waals surface area (Å²) in [7, 11) is 1.83. The van der Waals surface area contributed by atoms with Crippen LogP contribution in [0.3, 0.4) is 0 Å². The number of hydrogen-bond donors (Lipinski definition) is 1. The molecule has 106 valence electrons. The molecule has 0 bridgehead atoms. The quantitative estimate of drug-likeness (QED) is 0.899. The molecule has 0 unspecified atom stereocenters. The van der Waals surface area contributed by atoms with Crippen molar-refractivity contribution in [2.45, 2.75) is 20.4 Å². The van der Waals surface area contributed by atoms with Crippen molar-refractivity contribution < 1.29 is 9.21 Å². The molecule has 0 spiro atoms. The zero-order chi connectivity index (χ0) is 14.5. The Kier molecular flexibility index (Phi) is 4.47. The summed E-state index contributed by atoms with van der Waals surface area (Å²) in [4.78, 5) is 13.7. The predicted molar refractivity (Wildman–Crippen MR) is 75.2 cm³/mol. The van der Waals surface area contributed by atoms with Crippen LogP contribution in [0.15, 0.2) is 28.7 Å². The van der Waals surface area contributed by atoms with Crippen molar-refractivity contribution in [1.29, 1.82) is 0 Å². The zero-order valence-electron chi connectivity index (χ0n) is 11.9. The van der Waals surface area contributed by atoms with Gasteiger partial charge in [0.2, 0.25) is 17.7 Å². The number of likely N-dealkylation sites (N-methyl/N-ethyl adjacent to an activating group) is 1. The Morgan fingerprint density at radius 3 is 2.55 bits per heavy atom. The lowest BCUT2D eigenvalue weighted by atomic mass is 10.2. The van der Waals surface area contributed by atoms with Crippen molar-refractivity contribution in [3.8, 4) is 0 Å². The normalized spacial score (nSPS) is 10.8. The molecule has 0 radical (unpaired) electrons. The molecule has 0 saturated carbocycles. The summed E-state index contributed by atoms with van der Waals surface area (Å²) in [6.45, 7) is 4.45. The molecule has 2 rings (SSSR count). The molecule has 2 aromatic rings. The molecule has 0 saturated heterocycles. The van der Waals surface area contributed by atoms with E-state index in [1.807, 2.05) is 43.1 Å². The minimum atomic E-state index is -0.0763. The molecular formula is C14H18N4O2. The SMILES string of the molecule is Cc1ccc(NC(=O)CN(C)Cc2nnc(C)o2)cc1. The van der Waals surface area contributed by atoms with Crippen molar-refractivity contribution in [3.05, 3.63) is 41.6 Å². The number of aromatic nitrogens is 2. The lowest BCUT2D eigenvalue weighted by molar-refractivity contribution is -0.117. The van der Waals surface area contributed by atoms with Crippen molar-refractivity contribution in [2.24, 2.45) is 0 Å². The van der Waals surface area contributed by atoms with Crippen LogP contribution in [0.5, 0.6) is 0 Å². The van der Waals surface area contributed by atoms with Crippen LogP contribution in [0, 0.1) is 13.8 Å². The third kappa shape index (κ3) is 4.17. The maximum absolute atomic E-state index is 11.9. The van der Waals surface area contributed by atoms with Crippen LogP contribution < -0.4 is 5.32 Å². The van der Waals surface area contributed by atoms with Crippen LogP contribution in [-0.2, 0) is 11.3 Å². The molecule has 6 heteroatoms.